The highest BCUT2D eigenvalue weighted by molar-refractivity contribution is 5.71. The van der Waals surface area contributed by atoms with Gasteiger partial charge in [0.05, 0.1) is 0 Å². The Morgan fingerprint density at radius 3 is 1.00 bits per heavy atom. The molecule has 0 radical (unpaired) electrons. The fourth-order valence-electron chi connectivity index (χ4n) is 0. The molecule has 4 amide bonds. The first-order valence-corrected chi connectivity index (χ1v) is 2.53. The van der Waals surface area contributed by atoms with E-state index in [2.05, 4.69) is 21.7 Å². The van der Waals surface area contributed by atoms with Crippen molar-refractivity contribution in [2.24, 2.45) is 21.7 Å². The molecular formula is C3H8N6O5. The minimum Gasteiger partial charge on any atom is -0.450 e. The monoisotopic (exact) mass is 208 g/mol. The molecule has 0 aliphatic rings. The Hall–Kier alpha value is -2.59. The summed E-state index contributed by atoms with van der Waals surface area (Å²) in [6, 6.07) is -1.91. The molecule has 0 aromatic carbocycles. The van der Waals surface area contributed by atoms with E-state index >= 15 is 0 Å². The van der Waals surface area contributed by atoms with Crippen molar-refractivity contribution in [3.63, 3.8) is 0 Å². The van der Waals surface area contributed by atoms with Gasteiger partial charge in [0, 0.05) is 0 Å². The van der Waals surface area contributed by atoms with Crippen LogP contribution in [0.5, 0.6) is 0 Å². The molecule has 0 aromatic heterocycles. The van der Waals surface area contributed by atoms with Gasteiger partial charge in [0.1, 0.15) is 0 Å². The SMILES string of the molecule is N=NC(N)=O.N=NC(N)=O.O=C(O)O. The van der Waals surface area contributed by atoms with Crippen molar-refractivity contribution in [1.82, 2.24) is 0 Å². The third kappa shape index (κ3) is 335. The average molecular weight is 208 g/mol. The fourth-order valence-corrected chi connectivity index (χ4v) is 0. The maximum absolute atomic E-state index is 9.24. The lowest BCUT2D eigenvalue weighted by atomic mass is 11.2. The third-order valence-corrected chi connectivity index (χ3v) is 0.220. The Kier molecular flexibility index (Phi) is 16.3. The molecule has 0 saturated carbocycles. The first-order chi connectivity index (χ1) is 6.27. The summed E-state index contributed by atoms with van der Waals surface area (Å²) in [5.41, 5.74) is 20.2. The highest BCUT2D eigenvalue weighted by atomic mass is 16.6. The third-order valence-electron chi connectivity index (χ3n) is 0.220. The number of nitrogens with one attached hydrogen (secondary N) is 2. The summed E-state index contributed by atoms with van der Waals surface area (Å²) in [5, 5.41) is 18.5. The number of nitrogens with zero attached hydrogens (tertiary/aromatic N) is 2. The summed E-state index contributed by atoms with van der Waals surface area (Å²) in [6.07, 6.45) is -1.83. The van der Waals surface area contributed by atoms with E-state index in [-0.39, 0.29) is 0 Å². The highest BCUT2D eigenvalue weighted by Gasteiger charge is 1.73. The van der Waals surface area contributed by atoms with Crippen molar-refractivity contribution in [1.29, 1.82) is 11.1 Å². The number of urea groups is 2. The Bertz CT molecular complexity index is 204. The molecule has 0 heterocycles. The van der Waals surface area contributed by atoms with Gasteiger partial charge in [-0.25, -0.2) is 14.4 Å². The van der Waals surface area contributed by atoms with Crippen molar-refractivity contribution in [2.45, 2.75) is 0 Å². The predicted octanol–water partition coefficient (Wildman–Crippen LogP) is 0.415. The van der Waals surface area contributed by atoms with Gasteiger partial charge in [0.2, 0.25) is 0 Å². The van der Waals surface area contributed by atoms with Crippen molar-refractivity contribution in [3.05, 3.63) is 0 Å². The van der Waals surface area contributed by atoms with E-state index in [1.165, 1.54) is 0 Å². The summed E-state index contributed by atoms with van der Waals surface area (Å²) in [5.74, 6) is 0. The van der Waals surface area contributed by atoms with Crippen molar-refractivity contribution >= 4 is 18.2 Å². The van der Waals surface area contributed by atoms with Crippen LogP contribution in [0, 0.1) is 11.1 Å². The molecule has 0 aliphatic heterocycles. The maximum atomic E-state index is 9.24. The molecule has 0 aliphatic carbocycles. The molecule has 80 valence electrons. The molecule has 0 fully saturated rings. The normalized spacial score (nSPS) is 6.29. The molecule has 0 atom stereocenters. The highest BCUT2D eigenvalue weighted by Crippen LogP contribution is 1.56. The van der Waals surface area contributed by atoms with Crippen LogP contribution in [0.2, 0.25) is 0 Å². The van der Waals surface area contributed by atoms with Crippen LogP contribution < -0.4 is 11.5 Å². The lowest BCUT2D eigenvalue weighted by Gasteiger charge is -1.63. The summed E-state index contributed by atoms with van der Waals surface area (Å²) >= 11 is 0. The van der Waals surface area contributed by atoms with E-state index < -0.39 is 18.2 Å². The zero-order valence-corrected chi connectivity index (χ0v) is 6.67. The Balaban J connectivity index is -0.000000131. The minimum absolute atomic E-state index is 0.954. The molecule has 11 heteroatoms. The summed E-state index contributed by atoms with van der Waals surface area (Å²) in [7, 11) is 0. The summed E-state index contributed by atoms with van der Waals surface area (Å²) < 4.78 is 0. The number of carbonyl (C=O) groups excluding carboxylic acids is 2. The molecule has 0 bridgehead atoms. The maximum Gasteiger partial charge on any atom is 0.503 e. The molecule has 0 rings (SSSR count). The first kappa shape index (κ1) is 17.5. The molecule has 0 unspecified atom stereocenters. The number of amides is 4. The van der Waals surface area contributed by atoms with Crippen molar-refractivity contribution in [3.8, 4) is 0 Å². The number of carbonyl (C=O) groups is 3. The first-order valence-electron chi connectivity index (χ1n) is 2.53. The summed E-state index contributed by atoms with van der Waals surface area (Å²) in [4.78, 5) is 27.0. The van der Waals surface area contributed by atoms with Gasteiger partial charge in [-0.3, -0.25) is 0 Å². The van der Waals surface area contributed by atoms with Crippen LogP contribution in [0.4, 0.5) is 14.4 Å². The zero-order chi connectivity index (χ0) is 12.1. The lowest BCUT2D eigenvalue weighted by molar-refractivity contribution is 0.137. The molecule has 14 heavy (non-hydrogen) atoms. The average Bonchev–Trinajstić information content (AvgIpc) is 2.04. The molecule has 0 spiro atoms. The lowest BCUT2D eigenvalue weighted by Crippen LogP contribution is -2.01. The van der Waals surface area contributed by atoms with Gasteiger partial charge in [-0.1, -0.05) is 10.2 Å². The van der Waals surface area contributed by atoms with Crippen LogP contribution in [-0.2, 0) is 0 Å². The second-order valence-corrected chi connectivity index (χ2v) is 1.18. The quantitative estimate of drug-likeness (QED) is 0.310. The van der Waals surface area contributed by atoms with Crippen LogP contribution in [0.1, 0.15) is 0 Å². The van der Waals surface area contributed by atoms with E-state index in [0.717, 1.165) is 0 Å². The van der Waals surface area contributed by atoms with E-state index in [4.69, 9.17) is 26.1 Å². The van der Waals surface area contributed by atoms with Crippen molar-refractivity contribution in [2.75, 3.05) is 0 Å². The van der Waals surface area contributed by atoms with Gasteiger partial charge in [-0.15, -0.1) is 0 Å². The number of hydrogen-bond donors (Lipinski definition) is 6. The zero-order valence-electron chi connectivity index (χ0n) is 6.67. The molecule has 8 N–H and O–H groups in total. The van der Waals surface area contributed by atoms with Crippen LogP contribution in [0.15, 0.2) is 10.2 Å². The minimum atomic E-state index is -1.83. The fraction of sp³-hybridized carbons (Fsp3) is 0. The van der Waals surface area contributed by atoms with Crippen LogP contribution in [0.25, 0.3) is 0 Å². The molecule has 0 aromatic rings. The topological polar surface area (TPSA) is 216 Å². The van der Waals surface area contributed by atoms with Crippen LogP contribution in [0.3, 0.4) is 0 Å². The number of primary amides is 2. The van der Waals surface area contributed by atoms with Gasteiger partial charge in [0.25, 0.3) is 0 Å². The standard InChI is InChI=1S/2CH3N3O.CH2O3/c2*2-1(5)4-3;2-1(3)4/h2*3H,(H2,2,5);(H2,2,3,4). The predicted molar refractivity (Wildman–Crippen MR) is 40.1 cm³/mol. The van der Waals surface area contributed by atoms with Crippen molar-refractivity contribution < 1.29 is 24.6 Å². The molecule has 11 nitrogen and oxygen atoms in total. The number of nitrogens with two attached hydrogens (primary N) is 2. The smallest absolute Gasteiger partial charge is 0.450 e. The number of rotatable bonds is 0. The Morgan fingerprint density at radius 1 is 0.929 bits per heavy atom. The Labute approximate surface area is 76.7 Å². The number of hydrogen-bond acceptors (Lipinski definition) is 5. The number of carboxylic acid groups (broad SMARTS) is 2. The van der Waals surface area contributed by atoms with Gasteiger partial charge in [-0.2, -0.15) is 11.1 Å². The largest absolute Gasteiger partial charge is 0.503 e. The summed E-state index contributed by atoms with van der Waals surface area (Å²) in [6.45, 7) is 0. The Morgan fingerprint density at radius 2 is 1.00 bits per heavy atom. The van der Waals surface area contributed by atoms with Crippen LogP contribution in [-0.4, -0.2) is 28.4 Å². The molecular weight excluding hydrogens is 200 g/mol. The van der Waals surface area contributed by atoms with Crippen LogP contribution >= 0.6 is 0 Å². The van der Waals surface area contributed by atoms with Gasteiger partial charge in [0.15, 0.2) is 0 Å². The van der Waals surface area contributed by atoms with E-state index in [1.54, 1.807) is 0 Å². The van der Waals surface area contributed by atoms with E-state index in [9.17, 15) is 9.59 Å². The van der Waals surface area contributed by atoms with Gasteiger partial charge < -0.3 is 21.7 Å². The van der Waals surface area contributed by atoms with Gasteiger partial charge >= 0.3 is 18.2 Å². The van der Waals surface area contributed by atoms with Gasteiger partial charge in [-0.05, 0) is 0 Å². The van der Waals surface area contributed by atoms with E-state index in [0.29, 0.717) is 0 Å². The second-order valence-electron chi connectivity index (χ2n) is 1.18. The molecule has 0 saturated heterocycles. The second kappa shape index (κ2) is 13.0. The van der Waals surface area contributed by atoms with E-state index in [1.807, 2.05) is 0 Å².